The smallest absolute Gasteiger partial charge is 0.321 e. The highest BCUT2D eigenvalue weighted by Gasteiger charge is 2.43. The Morgan fingerprint density at radius 2 is 2.20 bits per heavy atom. The van der Waals surface area contributed by atoms with E-state index in [1.807, 2.05) is 24.3 Å². The lowest BCUT2D eigenvalue weighted by atomic mass is 9.92. The van der Waals surface area contributed by atoms with Gasteiger partial charge in [-0.2, -0.15) is 0 Å². The van der Waals surface area contributed by atoms with Crippen molar-refractivity contribution >= 4 is 11.9 Å². The molecule has 0 unspecified atom stereocenters. The molecule has 0 radical (unpaired) electrons. The summed E-state index contributed by atoms with van der Waals surface area (Å²) in [6.45, 7) is 0.301. The molecule has 1 aliphatic heterocycles. The number of aliphatic carboxylic acids is 2. The maximum atomic E-state index is 11.4. The van der Waals surface area contributed by atoms with Crippen LogP contribution in [-0.4, -0.2) is 56.8 Å². The van der Waals surface area contributed by atoms with Crippen LogP contribution in [0.2, 0.25) is 0 Å². The van der Waals surface area contributed by atoms with Gasteiger partial charge in [0.25, 0.3) is 0 Å². The monoisotopic (exact) mass is 346 g/mol. The summed E-state index contributed by atoms with van der Waals surface area (Å²) in [6, 6.07) is 5.94. The van der Waals surface area contributed by atoms with Gasteiger partial charge in [0.2, 0.25) is 0 Å². The molecule has 1 fully saturated rings. The summed E-state index contributed by atoms with van der Waals surface area (Å²) in [7, 11) is 1.57. The first-order valence-corrected chi connectivity index (χ1v) is 7.74. The molecule has 1 aromatic heterocycles. The average molecular weight is 346 g/mol. The van der Waals surface area contributed by atoms with Gasteiger partial charge in [-0.15, -0.1) is 5.10 Å². The van der Waals surface area contributed by atoms with Crippen molar-refractivity contribution in [1.29, 1.82) is 0 Å². The topological polar surface area (TPSA) is 127 Å². The van der Waals surface area contributed by atoms with Crippen molar-refractivity contribution in [1.82, 2.24) is 20.3 Å². The van der Waals surface area contributed by atoms with Gasteiger partial charge in [-0.1, -0.05) is 17.3 Å². The number of carbonyl (C=O) groups is 2. The normalized spacial score (nSPS) is 22.7. The maximum absolute atomic E-state index is 11.4. The Bertz CT molecular complexity index is 790. The molecule has 3 rings (SSSR count). The minimum Gasteiger partial charge on any atom is -0.497 e. The molecule has 25 heavy (non-hydrogen) atoms. The van der Waals surface area contributed by atoms with E-state index in [1.165, 1.54) is 0 Å². The van der Waals surface area contributed by atoms with Gasteiger partial charge in [-0.05, 0) is 12.1 Å². The quantitative estimate of drug-likeness (QED) is 0.695. The molecule has 0 saturated carbocycles. The lowest BCUT2D eigenvalue weighted by Gasteiger charge is -2.21. The number of nitrogens with one attached hydrogen (secondary N) is 1. The first-order chi connectivity index (χ1) is 12.0. The molecule has 2 aromatic rings. The number of hydrogen-bond donors (Lipinski definition) is 3. The van der Waals surface area contributed by atoms with E-state index in [0.29, 0.717) is 18.0 Å². The van der Waals surface area contributed by atoms with Crippen LogP contribution in [0.25, 0.3) is 11.3 Å². The van der Waals surface area contributed by atoms with E-state index in [0.717, 1.165) is 5.56 Å². The van der Waals surface area contributed by atoms with Crippen molar-refractivity contribution in [2.24, 2.45) is 5.92 Å². The largest absolute Gasteiger partial charge is 0.497 e. The van der Waals surface area contributed by atoms with Crippen molar-refractivity contribution in [2.45, 2.75) is 18.5 Å². The molecule has 3 atom stereocenters. The highest BCUT2D eigenvalue weighted by Crippen LogP contribution is 2.33. The van der Waals surface area contributed by atoms with Gasteiger partial charge < -0.3 is 20.3 Å². The molecule has 1 aromatic carbocycles. The molecular weight excluding hydrogens is 328 g/mol. The maximum Gasteiger partial charge on any atom is 0.321 e. The number of carboxylic acid groups (broad SMARTS) is 2. The Kier molecular flexibility index (Phi) is 4.66. The fourth-order valence-electron chi connectivity index (χ4n) is 3.24. The average Bonchev–Trinajstić information content (AvgIpc) is 3.20. The summed E-state index contributed by atoms with van der Waals surface area (Å²) in [5.41, 5.74) is 1.48. The predicted octanol–water partition coefficient (Wildman–Crippen LogP) is 0.642. The van der Waals surface area contributed by atoms with Crippen molar-refractivity contribution in [3.63, 3.8) is 0 Å². The molecular formula is C16H18N4O5. The van der Waals surface area contributed by atoms with Crippen molar-refractivity contribution < 1.29 is 24.5 Å². The molecule has 0 bridgehead atoms. The van der Waals surface area contributed by atoms with Crippen LogP contribution in [0.4, 0.5) is 0 Å². The van der Waals surface area contributed by atoms with Crippen molar-refractivity contribution in [3.8, 4) is 17.0 Å². The van der Waals surface area contributed by atoms with Crippen LogP contribution in [0.1, 0.15) is 12.5 Å². The molecule has 3 N–H and O–H groups in total. The van der Waals surface area contributed by atoms with Crippen LogP contribution in [0, 0.1) is 5.92 Å². The molecule has 1 aliphatic rings. The number of benzene rings is 1. The zero-order chi connectivity index (χ0) is 18.0. The van der Waals surface area contributed by atoms with Crippen LogP contribution in [0.3, 0.4) is 0 Å². The van der Waals surface area contributed by atoms with E-state index < -0.39 is 29.9 Å². The number of hydrogen-bond acceptors (Lipinski definition) is 6. The lowest BCUT2D eigenvalue weighted by Crippen LogP contribution is -2.37. The fraction of sp³-hybridized carbons (Fsp3) is 0.375. The molecule has 132 valence electrons. The summed E-state index contributed by atoms with van der Waals surface area (Å²) >= 11 is 0. The van der Waals surface area contributed by atoms with E-state index >= 15 is 0 Å². The van der Waals surface area contributed by atoms with Crippen LogP contribution in [-0.2, 0) is 9.59 Å². The highest BCUT2D eigenvalue weighted by molar-refractivity contribution is 5.76. The van der Waals surface area contributed by atoms with E-state index in [1.54, 1.807) is 18.0 Å². The van der Waals surface area contributed by atoms with Gasteiger partial charge in [-0.3, -0.25) is 9.59 Å². The number of ether oxygens (including phenoxy) is 1. The summed E-state index contributed by atoms with van der Waals surface area (Å²) in [4.78, 5) is 22.6. The van der Waals surface area contributed by atoms with Gasteiger partial charge in [-0.25, -0.2) is 4.68 Å². The predicted molar refractivity (Wildman–Crippen MR) is 86.2 cm³/mol. The summed E-state index contributed by atoms with van der Waals surface area (Å²) in [6.07, 6.45) is 1.30. The fourth-order valence-corrected chi connectivity index (χ4v) is 3.24. The second-order valence-electron chi connectivity index (χ2n) is 5.85. The molecule has 9 heteroatoms. The van der Waals surface area contributed by atoms with Crippen LogP contribution < -0.4 is 10.1 Å². The van der Waals surface area contributed by atoms with Gasteiger partial charge in [0.05, 0.1) is 31.5 Å². The van der Waals surface area contributed by atoms with Crippen molar-refractivity contribution in [2.75, 3.05) is 13.7 Å². The first-order valence-electron chi connectivity index (χ1n) is 7.74. The van der Waals surface area contributed by atoms with Gasteiger partial charge in [0.1, 0.15) is 11.8 Å². The van der Waals surface area contributed by atoms with E-state index in [-0.39, 0.29) is 6.42 Å². The molecule has 0 aliphatic carbocycles. The van der Waals surface area contributed by atoms with E-state index in [2.05, 4.69) is 15.6 Å². The third-order valence-electron chi connectivity index (χ3n) is 4.40. The molecule has 9 nitrogen and oxygen atoms in total. The van der Waals surface area contributed by atoms with Gasteiger partial charge in [0, 0.05) is 18.0 Å². The Balaban J connectivity index is 1.97. The molecule has 2 heterocycles. The minimum atomic E-state index is -1.07. The summed E-state index contributed by atoms with van der Waals surface area (Å²) in [5.74, 6) is -2.09. The van der Waals surface area contributed by atoms with E-state index in [9.17, 15) is 14.7 Å². The highest BCUT2D eigenvalue weighted by atomic mass is 16.5. The first kappa shape index (κ1) is 16.9. The van der Waals surface area contributed by atoms with Crippen molar-refractivity contribution in [3.05, 3.63) is 30.5 Å². The van der Waals surface area contributed by atoms with Gasteiger partial charge >= 0.3 is 11.9 Å². The second-order valence-corrected chi connectivity index (χ2v) is 5.85. The standard InChI is InChI=1S/C16H18N4O5/c1-25-10-4-2-3-9(5-10)12-8-18-19-20(12)13-7-17-15(16(23)24)11(13)6-14(21)22/h2-5,8,11,13,15,17H,6-7H2,1H3,(H,21,22)(H,23,24)/t11-,13-,15-/m0/s1. The number of rotatable bonds is 6. The van der Waals surface area contributed by atoms with E-state index in [4.69, 9.17) is 9.84 Å². The Morgan fingerprint density at radius 1 is 1.40 bits per heavy atom. The van der Waals surface area contributed by atoms with Crippen LogP contribution in [0.5, 0.6) is 5.75 Å². The third-order valence-corrected chi connectivity index (χ3v) is 4.40. The number of methoxy groups -OCH3 is 1. The number of nitrogens with zero attached hydrogens (tertiary/aromatic N) is 3. The summed E-state index contributed by atoms with van der Waals surface area (Å²) in [5, 5.41) is 29.4. The molecule has 0 spiro atoms. The Labute approximate surface area is 143 Å². The zero-order valence-corrected chi connectivity index (χ0v) is 13.5. The Hall–Kier alpha value is -2.94. The lowest BCUT2D eigenvalue weighted by molar-refractivity contribution is -0.142. The Morgan fingerprint density at radius 3 is 2.88 bits per heavy atom. The molecule has 0 amide bonds. The minimum absolute atomic E-state index is 0.272. The van der Waals surface area contributed by atoms with Gasteiger partial charge in [0.15, 0.2) is 0 Å². The zero-order valence-electron chi connectivity index (χ0n) is 13.5. The van der Waals surface area contributed by atoms with Crippen LogP contribution in [0.15, 0.2) is 30.5 Å². The molecule has 1 saturated heterocycles. The SMILES string of the molecule is COc1cccc(-c2cnnn2[C@H]2CN[C@H](C(=O)O)[C@H]2CC(=O)O)c1. The van der Waals surface area contributed by atoms with Crippen LogP contribution >= 0.6 is 0 Å². The number of carboxylic acids is 2. The number of aromatic nitrogens is 3. The second kappa shape index (κ2) is 6.89. The third kappa shape index (κ3) is 3.31. The summed E-state index contributed by atoms with van der Waals surface area (Å²) < 4.78 is 6.82.